The molecule has 3 aromatic heterocycles. The van der Waals surface area contributed by atoms with Crippen molar-refractivity contribution in [3.05, 3.63) is 51.4 Å². The van der Waals surface area contributed by atoms with Gasteiger partial charge >= 0.3 is 5.97 Å². The Hall–Kier alpha value is -2.21. The maximum Gasteiger partial charge on any atom is 0.350 e. The van der Waals surface area contributed by atoms with E-state index in [0.29, 0.717) is 10.6 Å². The molecule has 0 spiro atoms. The van der Waals surface area contributed by atoms with Crippen LogP contribution in [0, 0.1) is 20.8 Å². The Morgan fingerprint density at radius 2 is 2.05 bits per heavy atom. The number of carbonyl (C=O) groups is 1. The molecule has 6 heteroatoms. The molecule has 0 N–H and O–H groups in total. The predicted octanol–water partition coefficient (Wildman–Crippen LogP) is 3.07. The molecule has 3 heterocycles. The second-order valence-electron chi connectivity index (χ2n) is 4.93. The number of aryl methyl sites for hydroxylation is 3. The van der Waals surface area contributed by atoms with E-state index < -0.39 is 0 Å². The van der Waals surface area contributed by atoms with Gasteiger partial charge in [-0.15, -0.1) is 11.3 Å². The van der Waals surface area contributed by atoms with E-state index in [1.807, 2.05) is 49.7 Å². The molecule has 0 radical (unpaired) electrons. The highest BCUT2D eigenvalue weighted by atomic mass is 32.1. The van der Waals surface area contributed by atoms with Crippen LogP contribution in [-0.4, -0.2) is 20.3 Å². The maximum absolute atomic E-state index is 12.0. The van der Waals surface area contributed by atoms with Gasteiger partial charge in [0.2, 0.25) is 0 Å². The molecule has 0 unspecified atom stereocenters. The fourth-order valence-corrected chi connectivity index (χ4v) is 2.96. The Bertz CT molecular complexity index is 820. The van der Waals surface area contributed by atoms with Crippen LogP contribution in [0.15, 0.2) is 24.5 Å². The first-order valence-electron chi connectivity index (χ1n) is 6.58. The zero-order chi connectivity index (χ0) is 15.0. The smallest absolute Gasteiger partial charge is 0.350 e. The summed E-state index contributed by atoms with van der Waals surface area (Å²) in [5.74, 6) is -0.341. The number of ether oxygens (including phenoxy) is 1. The molecule has 3 aromatic rings. The molecule has 0 amide bonds. The van der Waals surface area contributed by atoms with E-state index in [2.05, 4.69) is 9.97 Å². The molecule has 0 saturated heterocycles. The van der Waals surface area contributed by atoms with Crippen molar-refractivity contribution in [1.82, 2.24) is 14.4 Å². The van der Waals surface area contributed by atoms with Crippen molar-refractivity contribution in [1.29, 1.82) is 0 Å². The molecule has 0 bridgehead atoms. The minimum absolute atomic E-state index is 0.163. The van der Waals surface area contributed by atoms with Crippen LogP contribution < -0.4 is 0 Å². The van der Waals surface area contributed by atoms with Crippen LogP contribution in [0.3, 0.4) is 0 Å². The topological polar surface area (TPSA) is 56.5 Å². The zero-order valence-electron chi connectivity index (χ0n) is 12.1. The van der Waals surface area contributed by atoms with Crippen molar-refractivity contribution in [2.45, 2.75) is 27.4 Å². The second kappa shape index (κ2) is 5.29. The van der Waals surface area contributed by atoms with Gasteiger partial charge in [0.25, 0.3) is 0 Å². The standard InChI is InChI=1S/C15H15N3O2S/c1-9-4-5-13-17-12(7-18(13)6-9)8-20-15(19)14-10(2)16-11(3)21-14/h4-7H,8H2,1-3H3. The average Bonchev–Trinajstić information content (AvgIpc) is 2.98. The van der Waals surface area contributed by atoms with E-state index in [-0.39, 0.29) is 12.6 Å². The Balaban J connectivity index is 1.74. The SMILES string of the molecule is Cc1ccc2nc(COC(=O)c3sc(C)nc3C)cn2c1. The van der Waals surface area contributed by atoms with Crippen LogP contribution in [0.2, 0.25) is 0 Å². The number of carbonyl (C=O) groups excluding carboxylic acids is 1. The van der Waals surface area contributed by atoms with Gasteiger partial charge in [-0.25, -0.2) is 14.8 Å². The Labute approximate surface area is 126 Å². The number of rotatable bonds is 3. The normalized spacial score (nSPS) is 11.0. The molecule has 0 fully saturated rings. The molecule has 0 saturated carbocycles. The molecule has 0 aliphatic heterocycles. The molecule has 3 rings (SSSR count). The molecule has 0 aromatic carbocycles. The third kappa shape index (κ3) is 2.80. The summed E-state index contributed by atoms with van der Waals surface area (Å²) in [4.78, 5) is 21.2. The number of aromatic nitrogens is 3. The van der Waals surface area contributed by atoms with Crippen LogP contribution >= 0.6 is 11.3 Å². The minimum atomic E-state index is -0.341. The third-order valence-corrected chi connectivity index (χ3v) is 4.14. The van der Waals surface area contributed by atoms with E-state index in [4.69, 9.17) is 4.74 Å². The summed E-state index contributed by atoms with van der Waals surface area (Å²) in [6, 6.07) is 3.94. The lowest BCUT2D eigenvalue weighted by molar-refractivity contribution is 0.0473. The zero-order valence-corrected chi connectivity index (χ0v) is 12.9. The number of hydrogen-bond acceptors (Lipinski definition) is 5. The lowest BCUT2D eigenvalue weighted by atomic mass is 10.3. The number of esters is 1. The highest BCUT2D eigenvalue weighted by Gasteiger charge is 2.15. The first-order chi connectivity index (χ1) is 10.0. The number of hydrogen-bond donors (Lipinski definition) is 0. The number of pyridine rings is 1. The van der Waals surface area contributed by atoms with Crippen LogP contribution in [0.4, 0.5) is 0 Å². The molecule has 21 heavy (non-hydrogen) atoms. The van der Waals surface area contributed by atoms with Gasteiger partial charge in [0, 0.05) is 12.4 Å². The summed E-state index contributed by atoms with van der Waals surface area (Å²) in [6.45, 7) is 5.87. The monoisotopic (exact) mass is 301 g/mol. The first-order valence-corrected chi connectivity index (χ1v) is 7.40. The van der Waals surface area contributed by atoms with Crippen LogP contribution in [0.25, 0.3) is 5.65 Å². The quantitative estimate of drug-likeness (QED) is 0.698. The lowest BCUT2D eigenvalue weighted by Gasteiger charge is -2.00. The average molecular weight is 301 g/mol. The molecule has 5 nitrogen and oxygen atoms in total. The van der Waals surface area contributed by atoms with Gasteiger partial charge in [-0.1, -0.05) is 6.07 Å². The molecular formula is C15H15N3O2S. The van der Waals surface area contributed by atoms with E-state index in [9.17, 15) is 4.79 Å². The Morgan fingerprint density at radius 1 is 1.24 bits per heavy atom. The fourth-order valence-electron chi connectivity index (χ4n) is 2.15. The summed E-state index contributed by atoms with van der Waals surface area (Å²) >= 11 is 1.35. The van der Waals surface area contributed by atoms with Crippen LogP contribution in [0.5, 0.6) is 0 Å². The van der Waals surface area contributed by atoms with Gasteiger partial charge in [-0.2, -0.15) is 0 Å². The third-order valence-electron chi connectivity index (χ3n) is 3.09. The van der Waals surface area contributed by atoms with Gasteiger partial charge in [0.05, 0.1) is 16.4 Å². The minimum Gasteiger partial charge on any atom is -0.455 e. The van der Waals surface area contributed by atoms with Crippen molar-refractivity contribution < 1.29 is 9.53 Å². The van der Waals surface area contributed by atoms with Crippen molar-refractivity contribution >= 4 is 23.0 Å². The maximum atomic E-state index is 12.0. The van der Waals surface area contributed by atoms with Gasteiger partial charge in [-0.3, -0.25) is 0 Å². The summed E-state index contributed by atoms with van der Waals surface area (Å²) < 4.78 is 7.25. The summed E-state index contributed by atoms with van der Waals surface area (Å²) in [6.07, 6.45) is 3.87. The van der Waals surface area contributed by atoms with Crippen LogP contribution in [-0.2, 0) is 11.3 Å². The fraction of sp³-hybridized carbons (Fsp3) is 0.267. The van der Waals surface area contributed by atoms with E-state index in [0.717, 1.165) is 21.9 Å². The number of imidazole rings is 1. The van der Waals surface area contributed by atoms with Crippen molar-refractivity contribution in [2.24, 2.45) is 0 Å². The molecule has 0 aliphatic rings. The molecular weight excluding hydrogens is 286 g/mol. The second-order valence-corrected chi connectivity index (χ2v) is 6.13. The largest absolute Gasteiger partial charge is 0.455 e. The first kappa shape index (κ1) is 13.8. The lowest BCUT2D eigenvalue weighted by Crippen LogP contribution is -2.05. The summed E-state index contributed by atoms with van der Waals surface area (Å²) in [5.41, 5.74) is 3.44. The Morgan fingerprint density at radius 3 is 2.76 bits per heavy atom. The van der Waals surface area contributed by atoms with E-state index in [1.165, 1.54) is 11.3 Å². The number of fused-ring (bicyclic) bond motifs is 1. The van der Waals surface area contributed by atoms with Crippen molar-refractivity contribution in [2.75, 3.05) is 0 Å². The van der Waals surface area contributed by atoms with Gasteiger partial charge in [-0.05, 0) is 32.4 Å². The summed E-state index contributed by atoms with van der Waals surface area (Å²) in [5, 5.41) is 0.864. The van der Waals surface area contributed by atoms with Gasteiger partial charge < -0.3 is 9.14 Å². The highest BCUT2D eigenvalue weighted by Crippen LogP contribution is 2.18. The molecule has 0 aliphatic carbocycles. The summed E-state index contributed by atoms with van der Waals surface area (Å²) in [7, 11) is 0. The number of thiazole rings is 1. The van der Waals surface area contributed by atoms with Gasteiger partial charge in [0.15, 0.2) is 0 Å². The van der Waals surface area contributed by atoms with Crippen molar-refractivity contribution in [3.8, 4) is 0 Å². The van der Waals surface area contributed by atoms with E-state index in [1.54, 1.807) is 0 Å². The predicted molar refractivity (Wildman–Crippen MR) is 80.6 cm³/mol. The Kier molecular flexibility index (Phi) is 3.47. The molecule has 108 valence electrons. The molecule has 0 atom stereocenters. The highest BCUT2D eigenvalue weighted by molar-refractivity contribution is 7.13. The van der Waals surface area contributed by atoms with Crippen molar-refractivity contribution in [3.63, 3.8) is 0 Å². The van der Waals surface area contributed by atoms with E-state index >= 15 is 0 Å². The van der Waals surface area contributed by atoms with Crippen LogP contribution in [0.1, 0.15) is 31.6 Å². The number of nitrogens with zero attached hydrogens (tertiary/aromatic N) is 3. The van der Waals surface area contributed by atoms with Gasteiger partial charge in [0.1, 0.15) is 17.1 Å².